The molecule has 3 N–H and O–H groups in total. The Morgan fingerprint density at radius 1 is 1.12 bits per heavy atom. The van der Waals surface area contributed by atoms with Crippen LogP contribution in [0.15, 0.2) is 53.3 Å². The Morgan fingerprint density at radius 2 is 1.94 bits per heavy atom. The van der Waals surface area contributed by atoms with E-state index in [4.69, 9.17) is 26.9 Å². The lowest BCUT2D eigenvalue weighted by atomic mass is 10.0. The Bertz CT molecular complexity index is 1410. The van der Waals surface area contributed by atoms with Gasteiger partial charge in [-0.05, 0) is 13.0 Å². The maximum absolute atomic E-state index is 6.27. The first kappa shape index (κ1) is 19.9. The quantitative estimate of drug-likeness (QED) is 0.410. The third-order valence-electron chi connectivity index (χ3n) is 4.96. The third-order valence-corrected chi connectivity index (χ3v) is 5.22. The van der Waals surface area contributed by atoms with Crippen molar-refractivity contribution in [3.8, 4) is 22.7 Å². The molecule has 0 saturated carbocycles. The zero-order chi connectivity index (χ0) is 22.2. The minimum atomic E-state index is -0.241. The Morgan fingerprint density at radius 3 is 2.69 bits per heavy atom. The van der Waals surface area contributed by atoms with Crippen LogP contribution in [0.1, 0.15) is 24.4 Å². The van der Waals surface area contributed by atoms with Crippen LogP contribution in [-0.2, 0) is 0 Å². The molecular formula is C21H18ClN9O. The van der Waals surface area contributed by atoms with E-state index in [9.17, 15) is 0 Å². The summed E-state index contributed by atoms with van der Waals surface area (Å²) in [7, 11) is 0. The number of rotatable bonds is 5. The largest absolute Gasteiger partial charge is 0.421 e. The summed E-state index contributed by atoms with van der Waals surface area (Å²) in [6, 6.07) is 11.6. The van der Waals surface area contributed by atoms with E-state index in [0.29, 0.717) is 28.1 Å². The molecule has 1 atom stereocenters. The fourth-order valence-electron chi connectivity index (χ4n) is 3.45. The molecular weight excluding hydrogens is 430 g/mol. The van der Waals surface area contributed by atoms with Crippen molar-refractivity contribution in [1.82, 2.24) is 34.8 Å². The molecule has 0 saturated heterocycles. The summed E-state index contributed by atoms with van der Waals surface area (Å²) >= 11 is 6.27. The molecule has 5 rings (SSSR count). The van der Waals surface area contributed by atoms with Crippen molar-refractivity contribution >= 4 is 28.9 Å². The van der Waals surface area contributed by atoms with Crippen LogP contribution in [-0.4, -0.2) is 34.8 Å². The normalized spacial score (nSPS) is 12.2. The van der Waals surface area contributed by atoms with Gasteiger partial charge in [0.1, 0.15) is 23.5 Å². The van der Waals surface area contributed by atoms with E-state index >= 15 is 0 Å². The van der Waals surface area contributed by atoms with Gasteiger partial charge in [-0.3, -0.25) is 0 Å². The van der Waals surface area contributed by atoms with Gasteiger partial charge in [-0.15, -0.1) is 10.2 Å². The molecule has 0 radical (unpaired) electrons. The van der Waals surface area contributed by atoms with Gasteiger partial charge in [-0.25, -0.2) is 19.5 Å². The van der Waals surface area contributed by atoms with Crippen LogP contribution in [0.5, 0.6) is 0 Å². The topological polar surface area (TPSA) is 133 Å². The molecule has 160 valence electrons. The molecule has 11 heteroatoms. The molecule has 4 aromatic heterocycles. The van der Waals surface area contributed by atoms with Crippen LogP contribution in [0.3, 0.4) is 0 Å². The number of aryl methyl sites for hydroxylation is 1. The molecule has 1 aromatic carbocycles. The smallest absolute Gasteiger partial charge is 0.255 e. The number of fused-ring (bicyclic) bond motifs is 1. The number of aromatic nitrogens is 7. The summed E-state index contributed by atoms with van der Waals surface area (Å²) in [5, 5.41) is 16.5. The summed E-state index contributed by atoms with van der Waals surface area (Å²) in [6.45, 7) is 3.69. The fraction of sp³-hybridized carbons (Fsp3) is 0.143. The first-order valence-electron chi connectivity index (χ1n) is 9.78. The van der Waals surface area contributed by atoms with Crippen molar-refractivity contribution in [1.29, 1.82) is 0 Å². The molecule has 1 unspecified atom stereocenters. The molecule has 5 aromatic rings. The van der Waals surface area contributed by atoms with Gasteiger partial charge < -0.3 is 15.5 Å². The lowest BCUT2D eigenvalue weighted by Gasteiger charge is -2.19. The maximum Gasteiger partial charge on any atom is 0.255 e. The van der Waals surface area contributed by atoms with Crippen LogP contribution >= 0.6 is 11.6 Å². The van der Waals surface area contributed by atoms with Crippen LogP contribution < -0.4 is 11.1 Å². The van der Waals surface area contributed by atoms with Gasteiger partial charge in [-0.2, -0.15) is 5.10 Å². The van der Waals surface area contributed by atoms with E-state index < -0.39 is 0 Å². The average molecular weight is 448 g/mol. The minimum absolute atomic E-state index is 0.232. The van der Waals surface area contributed by atoms with Crippen molar-refractivity contribution in [2.45, 2.75) is 19.9 Å². The number of nitrogen functional groups attached to an aromatic ring is 1. The second-order valence-electron chi connectivity index (χ2n) is 7.14. The zero-order valence-corrected chi connectivity index (χ0v) is 17.9. The molecule has 0 aliphatic carbocycles. The molecule has 0 spiro atoms. The van der Waals surface area contributed by atoms with Gasteiger partial charge in [0.2, 0.25) is 5.89 Å². The number of hydrogen-bond acceptors (Lipinski definition) is 9. The molecule has 0 aliphatic rings. The van der Waals surface area contributed by atoms with E-state index in [1.807, 2.05) is 43.3 Å². The Labute approximate surface area is 187 Å². The number of nitrogens with one attached hydrogen (secondary N) is 1. The zero-order valence-electron chi connectivity index (χ0n) is 17.2. The van der Waals surface area contributed by atoms with Crippen molar-refractivity contribution < 1.29 is 4.42 Å². The highest BCUT2D eigenvalue weighted by Crippen LogP contribution is 2.34. The Balaban J connectivity index is 1.61. The van der Waals surface area contributed by atoms with Crippen LogP contribution in [0.4, 0.5) is 11.6 Å². The van der Waals surface area contributed by atoms with Gasteiger partial charge in [-0.1, -0.05) is 41.9 Å². The van der Waals surface area contributed by atoms with Gasteiger partial charge in [0.25, 0.3) is 5.89 Å². The number of nitrogens with zero attached hydrogens (tertiary/aromatic N) is 7. The standard InChI is InChI=1S/C21H18ClN9O/c1-11(27-20-17(19(23)25-10-26-20)21-29-28-12(2)32-21)14-8-16-24-9-15(22)31(16)30-18(14)13-6-4-3-5-7-13/h3-11H,1-2H3,(H3,23,25,26,27). The Hall–Kier alpha value is -4.05. The second kappa shape index (κ2) is 7.89. The molecule has 0 fully saturated rings. The highest BCUT2D eigenvalue weighted by molar-refractivity contribution is 6.29. The van der Waals surface area contributed by atoms with Crippen molar-refractivity contribution in [2.24, 2.45) is 0 Å². The van der Waals surface area contributed by atoms with Crippen LogP contribution in [0, 0.1) is 6.92 Å². The number of nitrogens with two attached hydrogens (primary N) is 1. The SMILES string of the molecule is Cc1nnc(-c2c(N)ncnc2NC(C)c2cc3ncc(Cl)n3nc2-c2ccccc2)o1. The van der Waals surface area contributed by atoms with E-state index in [-0.39, 0.29) is 17.8 Å². The van der Waals surface area contributed by atoms with Gasteiger partial charge in [0.05, 0.1) is 17.9 Å². The minimum Gasteiger partial charge on any atom is -0.421 e. The highest BCUT2D eigenvalue weighted by atomic mass is 35.5. The van der Waals surface area contributed by atoms with Crippen molar-refractivity contribution in [3.63, 3.8) is 0 Å². The van der Waals surface area contributed by atoms with Gasteiger partial charge in [0, 0.05) is 18.1 Å². The number of benzene rings is 1. The van der Waals surface area contributed by atoms with E-state index in [1.54, 1.807) is 17.6 Å². The van der Waals surface area contributed by atoms with Crippen LogP contribution in [0.2, 0.25) is 5.15 Å². The molecule has 10 nitrogen and oxygen atoms in total. The summed E-state index contributed by atoms with van der Waals surface area (Å²) in [6.07, 6.45) is 2.95. The predicted octanol–water partition coefficient (Wildman–Crippen LogP) is 3.95. The first-order chi connectivity index (χ1) is 15.5. The summed E-state index contributed by atoms with van der Waals surface area (Å²) in [5.41, 5.74) is 9.79. The number of imidazole rings is 1. The monoisotopic (exact) mass is 447 g/mol. The average Bonchev–Trinajstić information content (AvgIpc) is 3.39. The first-order valence-corrected chi connectivity index (χ1v) is 10.2. The van der Waals surface area contributed by atoms with Gasteiger partial charge >= 0.3 is 0 Å². The predicted molar refractivity (Wildman–Crippen MR) is 120 cm³/mol. The number of anilines is 2. The van der Waals surface area contributed by atoms with Crippen molar-refractivity contribution in [3.05, 3.63) is 65.5 Å². The highest BCUT2D eigenvalue weighted by Gasteiger charge is 2.22. The lowest BCUT2D eigenvalue weighted by molar-refractivity contribution is 0.532. The van der Waals surface area contributed by atoms with E-state index in [0.717, 1.165) is 16.8 Å². The lowest BCUT2D eigenvalue weighted by Crippen LogP contribution is -2.13. The molecule has 32 heavy (non-hydrogen) atoms. The van der Waals surface area contributed by atoms with Crippen LogP contribution in [0.25, 0.3) is 28.4 Å². The molecule has 0 amide bonds. The third kappa shape index (κ3) is 3.50. The number of hydrogen-bond donors (Lipinski definition) is 2. The van der Waals surface area contributed by atoms with Gasteiger partial charge in [0.15, 0.2) is 10.8 Å². The Kier molecular flexibility index (Phi) is 4.91. The van der Waals surface area contributed by atoms with E-state index in [2.05, 4.69) is 30.5 Å². The van der Waals surface area contributed by atoms with E-state index in [1.165, 1.54) is 6.33 Å². The molecule has 0 aliphatic heterocycles. The second-order valence-corrected chi connectivity index (χ2v) is 7.53. The molecule has 0 bridgehead atoms. The van der Waals surface area contributed by atoms with Crippen molar-refractivity contribution in [2.75, 3.05) is 11.1 Å². The summed E-state index contributed by atoms with van der Waals surface area (Å²) in [5.74, 6) is 1.36. The summed E-state index contributed by atoms with van der Waals surface area (Å²) < 4.78 is 7.18. The number of halogens is 1. The molecule has 4 heterocycles. The fourth-order valence-corrected chi connectivity index (χ4v) is 3.62. The maximum atomic E-state index is 6.27. The summed E-state index contributed by atoms with van der Waals surface area (Å²) in [4.78, 5) is 12.8.